The van der Waals surface area contributed by atoms with Gasteiger partial charge in [-0.2, -0.15) is 13.2 Å². The first kappa shape index (κ1) is 20.7. The summed E-state index contributed by atoms with van der Waals surface area (Å²) in [5.74, 6) is 0.0804. The molecule has 0 bridgehead atoms. The number of nitrogens with one attached hydrogen (secondary N) is 1. The zero-order chi connectivity index (χ0) is 20.6. The Labute approximate surface area is 169 Å². The summed E-state index contributed by atoms with van der Waals surface area (Å²) in [4.78, 5) is 15.1. The SMILES string of the molecule is CC1(C(=O)N2CCc3ccc(C(F)(F)F)cc3C2)CCC(NC2CCOCC2)C1. The maximum Gasteiger partial charge on any atom is 0.416 e. The fourth-order valence-corrected chi connectivity index (χ4v) is 5.06. The van der Waals surface area contributed by atoms with Gasteiger partial charge in [0.15, 0.2) is 0 Å². The van der Waals surface area contributed by atoms with Crippen LogP contribution in [0, 0.1) is 5.41 Å². The van der Waals surface area contributed by atoms with Gasteiger partial charge in [0, 0.05) is 43.8 Å². The lowest BCUT2D eigenvalue weighted by atomic mass is 9.85. The molecule has 160 valence electrons. The van der Waals surface area contributed by atoms with E-state index in [1.165, 1.54) is 6.07 Å². The molecule has 3 aliphatic rings. The zero-order valence-electron chi connectivity index (χ0n) is 16.9. The lowest BCUT2D eigenvalue weighted by Crippen LogP contribution is -2.45. The topological polar surface area (TPSA) is 41.6 Å². The average Bonchev–Trinajstić information content (AvgIpc) is 3.08. The van der Waals surface area contributed by atoms with Gasteiger partial charge in [0.1, 0.15) is 0 Å². The molecule has 29 heavy (non-hydrogen) atoms. The lowest BCUT2D eigenvalue weighted by Gasteiger charge is -2.36. The van der Waals surface area contributed by atoms with E-state index in [0.29, 0.717) is 30.6 Å². The molecular formula is C22H29F3N2O2. The molecule has 1 aliphatic carbocycles. The number of hydrogen-bond donors (Lipinski definition) is 1. The van der Waals surface area contributed by atoms with E-state index in [1.54, 1.807) is 11.0 Å². The van der Waals surface area contributed by atoms with Crippen molar-refractivity contribution in [2.45, 2.75) is 70.3 Å². The minimum atomic E-state index is -4.36. The van der Waals surface area contributed by atoms with Gasteiger partial charge in [-0.15, -0.1) is 0 Å². The molecule has 2 unspecified atom stereocenters. The van der Waals surface area contributed by atoms with Crippen molar-refractivity contribution in [2.75, 3.05) is 19.8 Å². The smallest absolute Gasteiger partial charge is 0.381 e. The van der Waals surface area contributed by atoms with Crippen molar-refractivity contribution < 1.29 is 22.7 Å². The highest BCUT2D eigenvalue weighted by Gasteiger charge is 2.44. The summed E-state index contributed by atoms with van der Waals surface area (Å²) in [5, 5.41) is 3.69. The summed E-state index contributed by atoms with van der Waals surface area (Å²) in [7, 11) is 0. The summed E-state index contributed by atoms with van der Waals surface area (Å²) in [5.41, 5.74) is 0.455. The molecule has 4 nitrogen and oxygen atoms in total. The van der Waals surface area contributed by atoms with Crippen molar-refractivity contribution in [1.82, 2.24) is 10.2 Å². The number of hydrogen-bond acceptors (Lipinski definition) is 3. The van der Waals surface area contributed by atoms with Crippen LogP contribution < -0.4 is 5.32 Å². The Morgan fingerprint density at radius 3 is 2.66 bits per heavy atom. The first-order valence-electron chi connectivity index (χ1n) is 10.6. The summed E-state index contributed by atoms with van der Waals surface area (Å²) in [6.45, 7) is 4.43. The Morgan fingerprint density at radius 2 is 1.93 bits per heavy atom. The van der Waals surface area contributed by atoms with E-state index in [-0.39, 0.29) is 12.5 Å². The largest absolute Gasteiger partial charge is 0.416 e. The number of rotatable bonds is 3. The first-order valence-corrected chi connectivity index (χ1v) is 10.6. The minimum Gasteiger partial charge on any atom is -0.381 e. The van der Waals surface area contributed by atoms with Crippen LogP contribution in [-0.2, 0) is 28.7 Å². The maximum atomic E-state index is 13.3. The Hall–Kier alpha value is -1.60. The fourth-order valence-electron chi connectivity index (χ4n) is 5.06. The third-order valence-corrected chi connectivity index (χ3v) is 6.78. The van der Waals surface area contributed by atoms with E-state index in [0.717, 1.165) is 56.9 Å². The number of nitrogens with zero attached hydrogens (tertiary/aromatic N) is 1. The van der Waals surface area contributed by atoms with Crippen molar-refractivity contribution in [3.8, 4) is 0 Å². The fraction of sp³-hybridized carbons (Fsp3) is 0.682. The van der Waals surface area contributed by atoms with Gasteiger partial charge in [-0.3, -0.25) is 4.79 Å². The highest BCUT2D eigenvalue weighted by atomic mass is 19.4. The van der Waals surface area contributed by atoms with Crippen LogP contribution in [0.5, 0.6) is 0 Å². The molecule has 1 aromatic carbocycles. The Balaban J connectivity index is 1.41. The van der Waals surface area contributed by atoms with Crippen LogP contribution in [0.1, 0.15) is 55.7 Å². The molecule has 2 aliphatic heterocycles. The second-order valence-electron chi connectivity index (χ2n) is 9.01. The number of alkyl halides is 3. The number of benzene rings is 1. The molecule has 7 heteroatoms. The number of carbonyl (C=O) groups is 1. The van der Waals surface area contributed by atoms with E-state index in [4.69, 9.17) is 4.74 Å². The van der Waals surface area contributed by atoms with Crippen molar-refractivity contribution in [3.63, 3.8) is 0 Å². The van der Waals surface area contributed by atoms with Crippen LogP contribution in [0.15, 0.2) is 18.2 Å². The van der Waals surface area contributed by atoms with E-state index in [2.05, 4.69) is 5.32 Å². The van der Waals surface area contributed by atoms with Gasteiger partial charge in [0.2, 0.25) is 5.91 Å². The van der Waals surface area contributed by atoms with Crippen molar-refractivity contribution in [1.29, 1.82) is 0 Å². The zero-order valence-corrected chi connectivity index (χ0v) is 16.9. The van der Waals surface area contributed by atoms with Gasteiger partial charge in [-0.25, -0.2) is 0 Å². The molecular weight excluding hydrogens is 381 g/mol. The van der Waals surface area contributed by atoms with E-state index in [1.807, 2.05) is 6.92 Å². The molecule has 1 amide bonds. The van der Waals surface area contributed by atoms with Crippen molar-refractivity contribution in [2.24, 2.45) is 5.41 Å². The predicted molar refractivity (Wildman–Crippen MR) is 103 cm³/mol. The Bertz CT molecular complexity index is 761. The third kappa shape index (κ3) is 4.45. The predicted octanol–water partition coefficient (Wildman–Crippen LogP) is 3.92. The normalized spacial score (nSPS) is 28.4. The Morgan fingerprint density at radius 1 is 1.17 bits per heavy atom. The molecule has 2 atom stereocenters. The lowest BCUT2D eigenvalue weighted by molar-refractivity contribution is -0.142. The highest BCUT2D eigenvalue weighted by molar-refractivity contribution is 5.83. The second kappa shape index (κ2) is 7.91. The standard InChI is InChI=1S/C22H29F3N2O2/c1-21(8-4-19(13-21)26-18-6-10-29-11-7-18)20(28)27-9-5-15-2-3-17(22(23,24)25)12-16(15)14-27/h2-3,12,18-19,26H,4-11,13-14H2,1H3. The Kier molecular flexibility index (Phi) is 5.64. The molecule has 1 aromatic rings. The molecule has 0 aromatic heterocycles. The first-order chi connectivity index (χ1) is 13.7. The maximum absolute atomic E-state index is 13.3. The molecule has 0 spiro atoms. The van der Waals surface area contributed by atoms with E-state index in [9.17, 15) is 18.0 Å². The summed E-state index contributed by atoms with van der Waals surface area (Å²) < 4.78 is 44.6. The van der Waals surface area contributed by atoms with Crippen molar-refractivity contribution >= 4 is 5.91 Å². The number of fused-ring (bicyclic) bond motifs is 1. The van der Waals surface area contributed by atoms with Crippen molar-refractivity contribution in [3.05, 3.63) is 34.9 Å². The monoisotopic (exact) mass is 410 g/mol. The van der Waals surface area contributed by atoms with Crippen LogP contribution in [0.2, 0.25) is 0 Å². The van der Waals surface area contributed by atoms with Crippen LogP contribution in [-0.4, -0.2) is 42.6 Å². The number of carbonyl (C=O) groups excluding carboxylic acids is 1. The average molecular weight is 410 g/mol. The molecule has 4 rings (SSSR count). The van der Waals surface area contributed by atoms with Gasteiger partial charge in [0.05, 0.1) is 5.56 Å². The summed E-state index contributed by atoms with van der Waals surface area (Å²) >= 11 is 0. The third-order valence-electron chi connectivity index (χ3n) is 6.78. The van der Waals surface area contributed by atoms with Gasteiger partial charge >= 0.3 is 6.18 Å². The molecule has 2 fully saturated rings. The number of ether oxygens (including phenoxy) is 1. The van der Waals surface area contributed by atoms with Gasteiger partial charge in [-0.05, 0) is 61.8 Å². The molecule has 1 saturated carbocycles. The summed E-state index contributed by atoms with van der Waals surface area (Å²) in [6, 6.07) is 4.68. The van der Waals surface area contributed by atoms with E-state index < -0.39 is 17.2 Å². The van der Waals surface area contributed by atoms with Crippen LogP contribution in [0.25, 0.3) is 0 Å². The molecule has 1 saturated heterocycles. The highest BCUT2D eigenvalue weighted by Crippen LogP contribution is 2.41. The molecule has 0 radical (unpaired) electrons. The van der Waals surface area contributed by atoms with E-state index >= 15 is 0 Å². The van der Waals surface area contributed by atoms with Crippen LogP contribution >= 0.6 is 0 Å². The number of amides is 1. The number of halogens is 3. The van der Waals surface area contributed by atoms with Crippen LogP contribution in [0.3, 0.4) is 0 Å². The van der Waals surface area contributed by atoms with Gasteiger partial charge < -0.3 is 15.0 Å². The van der Waals surface area contributed by atoms with Gasteiger partial charge in [0.25, 0.3) is 0 Å². The molecule has 2 heterocycles. The summed E-state index contributed by atoms with van der Waals surface area (Å²) in [6.07, 6.45) is 0.827. The second-order valence-corrected chi connectivity index (χ2v) is 9.01. The minimum absolute atomic E-state index is 0.0804. The quantitative estimate of drug-likeness (QED) is 0.821. The molecule has 1 N–H and O–H groups in total. The van der Waals surface area contributed by atoms with Gasteiger partial charge in [-0.1, -0.05) is 13.0 Å². The van der Waals surface area contributed by atoms with Crippen LogP contribution in [0.4, 0.5) is 13.2 Å².